The number of amides is 1. The summed E-state index contributed by atoms with van der Waals surface area (Å²) >= 11 is 3.25. The van der Waals surface area contributed by atoms with Crippen molar-refractivity contribution in [2.45, 2.75) is 25.8 Å². The van der Waals surface area contributed by atoms with Crippen molar-refractivity contribution in [3.05, 3.63) is 33.2 Å². The first-order chi connectivity index (χ1) is 9.97. The summed E-state index contributed by atoms with van der Waals surface area (Å²) in [6, 6.07) is 3.00. The molecule has 0 aliphatic heterocycles. The van der Waals surface area contributed by atoms with Crippen LogP contribution in [0.3, 0.4) is 0 Å². The molecule has 21 heavy (non-hydrogen) atoms. The molecule has 6 nitrogen and oxygen atoms in total. The van der Waals surface area contributed by atoms with Crippen LogP contribution in [0.4, 0.5) is 0 Å². The van der Waals surface area contributed by atoms with Gasteiger partial charge in [0.1, 0.15) is 6.54 Å². The Labute approximate surface area is 130 Å². The lowest BCUT2D eigenvalue weighted by Crippen LogP contribution is -2.36. The molecule has 7 heteroatoms. The van der Waals surface area contributed by atoms with Crippen molar-refractivity contribution in [1.29, 1.82) is 0 Å². The molecule has 1 aliphatic carbocycles. The van der Waals surface area contributed by atoms with Gasteiger partial charge in [-0.25, -0.2) is 0 Å². The van der Waals surface area contributed by atoms with Gasteiger partial charge in [0, 0.05) is 23.3 Å². The van der Waals surface area contributed by atoms with Crippen LogP contribution in [0.15, 0.2) is 27.6 Å². The van der Waals surface area contributed by atoms with E-state index in [9.17, 15) is 14.4 Å². The Morgan fingerprint density at radius 2 is 2.14 bits per heavy atom. The van der Waals surface area contributed by atoms with Crippen molar-refractivity contribution in [3.8, 4) is 0 Å². The minimum atomic E-state index is -0.796. The molecule has 1 aliphatic rings. The fourth-order valence-corrected chi connectivity index (χ4v) is 3.07. The second kappa shape index (κ2) is 6.89. The number of aliphatic carboxylic acids is 1. The maximum Gasteiger partial charge on any atom is 0.306 e. The molecule has 1 fully saturated rings. The summed E-state index contributed by atoms with van der Waals surface area (Å²) in [6.07, 6.45) is 3.91. The van der Waals surface area contributed by atoms with Crippen LogP contribution in [-0.4, -0.2) is 28.1 Å². The van der Waals surface area contributed by atoms with Crippen molar-refractivity contribution < 1.29 is 14.7 Å². The van der Waals surface area contributed by atoms with Gasteiger partial charge in [-0.2, -0.15) is 0 Å². The van der Waals surface area contributed by atoms with E-state index in [-0.39, 0.29) is 29.8 Å². The van der Waals surface area contributed by atoms with Gasteiger partial charge in [-0.15, -0.1) is 0 Å². The molecule has 114 valence electrons. The smallest absolute Gasteiger partial charge is 0.306 e. The van der Waals surface area contributed by atoms with Gasteiger partial charge in [0.05, 0.1) is 5.92 Å². The van der Waals surface area contributed by atoms with Crippen LogP contribution in [0.2, 0.25) is 0 Å². The van der Waals surface area contributed by atoms with E-state index in [0.29, 0.717) is 13.0 Å². The molecule has 2 atom stereocenters. The van der Waals surface area contributed by atoms with E-state index in [1.54, 1.807) is 12.3 Å². The van der Waals surface area contributed by atoms with Crippen LogP contribution in [0.25, 0.3) is 0 Å². The predicted molar refractivity (Wildman–Crippen MR) is 79.9 cm³/mol. The molecule has 2 N–H and O–H groups in total. The van der Waals surface area contributed by atoms with Crippen LogP contribution in [0.5, 0.6) is 0 Å². The number of hydrogen-bond donors (Lipinski definition) is 2. The van der Waals surface area contributed by atoms with Crippen molar-refractivity contribution in [2.75, 3.05) is 6.54 Å². The van der Waals surface area contributed by atoms with E-state index in [1.807, 2.05) is 0 Å². The molecule has 1 aromatic heterocycles. The Morgan fingerprint density at radius 3 is 2.86 bits per heavy atom. The highest BCUT2D eigenvalue weighted by Gasteiger charge is 2.32. The number of carboxylic acid groups (broad SMARTS) is 1. The number of carbonyl (C=O) groups is 2. The molecule has 0 spiro atoms. The largest absolute Gasteiger partial charge is 0.481 e. The number of aromatic nitrogens is 1. The zero-order valence-electron chi connectivity index (χ0n) is 11.4. The van der Waals surface area contributed by atoms with E-state index in [1.165, 1.54) is 10.6 Å². The van der Waals surface area contributed by atoms with Crippen molar-refractivity contribution in [3.63, 3.8) is 0 Å². The monoisotopic (exact) mass is 356 g/mol. The number of carbonyl (C=O) groups excluding carboxylic acids is 1. The lowest BCUT2D eigenvalue weighted by molar-refractivity contribution is -0.143. The van der Waals surface area contributed by atoms with Gasteiger partial charge in [0.25, 0.3) is 5.56 Å². The highest BCUT2D eigenvalue weighted by molar-refractivity contribution is 9.10. The van der Waals surface area contributed by atoms with Gasteiger partial charge in [-0.05, 0) is 40.8 Å². The Balaban J connectivity index is 1.89. The first-order valence-corrected chi connectivity index (χ1v) is 7.62. The molecule has 0 aromatic carbocycles. The summed E-state index contributed by atoms with van der Waals surface area (Å²) < 4.78 is 2.03. The Morgan fingerprint density at radius 1 is 1.38 bits per heavy atom. The Bertz CT molecular complexity index is 599. The van der Waals surface area contributed by atoms with E-state index in [2.05, 4.69) is 21.2 Å². The van der Waals surface area contributed by atoms with E-state index in [4.69, 9.17) is 5.11 Å². The third-order valence-electron chi connectivity index (χ3n) is 3.80. The second-order valence-corrected chi connectivity index (χ2v) is 6.17. The molecule has 1 amide bonds. The number of pyridine rings is 1. The van der Waals surface area contributed by atoms with Crippen LogP contribution < -0.4 is 10.9 Å². The second-order valence-electron chi connectivity index (χ2n) is 5.25. The molecule has 0 saturated heterocycles. The molecule has 2 unspecified atom stereocenters. The minimum Gasteiger partial charge on any atom is -0.481 e. The number of nitrogens with one attached hydrogen (secondary N) is 1. The topological polar surface area (TPSA) is 88.4 Å². The van der Waals surface area contributed by atoms with Crippen LogP contribution in [-0.2, 0) is 16.1 Å². The average Bonchev–Trinajstić information content (AvgIpc) is 2.89. The summed E-state index contributed by atoms with van der Waals surface area (Å²) in [5.41, 5.74) is -0.252. The fraction of sp³-hybridized carbons (Fsp3) is 0.500. The third-order valence-corrected chi connectivity index (χ3v) is 4.27. The average molecular weight is 357 g/mol. The number of hydrogen-bond acceptors (Lipinski definition) is 3. The van der Waals surface area contributed by atoms with Crippen LogP contribution in [0, 0.1) is 11.8 Å². The molecule has 0 bridgehead atoms. The van der Waals surface area contributed by atoms with Gasteiger partial charge in [0.2, 0.25) is 5.91 Å². The van der Waals surface area contributed by atoms with Gasteiger partial charge in [-0.1, -0.05) is 6.42 Å². The van der Waals surface area contributed by atoms with Crippen molar-refractivity contribution in [2.24, 2.45) is 11.8 Å². The van der Waals surface area contributed by atoms with Gasteiger partial charge in [0.15, 0.2) is 0 Å². The minimum absolute atomic E-state index is 0.0225. The molecule has 1 aromatic rings. The van der Waals surface area contributed by atoms with Crippen LogP contribution >= 0.6 is 15.9 Å². The molecular formula is C14H17BrN2O4. The lowest BCUT2D eigenvalue weighted by Gasteiger charge is -2.16. The third kappa shape index (κ3) is 4.17. The maximum absolute atomic E-state index is 11.9. The maximum atomic E-state index is 11.9. The number of nitrogens with zero attached hydrogens (tertiary/aromatic N) is 1. The summed E-state index contributed by atoms with van der Waals surface area (Å²) in [5.74, 6) is -1.48. The number of halogens is 1. The normalized spacial score (nSPS) is 21.2. The van der Waals surface area contributed by atoms with Gasteiger partial charge < -0.3 is 15.0 Å². The summed E-state index contributed by atoms with van der Waals surface area (Å²) in [6.45, 7) is 0.279. The first kappa shape index (κ1) is 15.8. The number of rotatable bonds is 5. The predicted octanol–water partition coefficient (Wildman–Crippen LogP) is 1.23. The summed E-state index contributed by atoms with van der Waals surface area (Å²) in [4.78, 5) is 34.5. The summed E-state index contributed by atoms with van der Waals surface area (Å²) in [5, 5.41) is 11.8. The first-order valence-electron chi connectivity index (χ1n) is 6.83. The molecule has 1 heterocycles. The number of carboxylic acids is 1. The van der Waals surface area contributed by atoms with Crippen LogP contribution in [0.1, 0.15) is 19.3 Å². The SMILES string of the molecule is O=C(Cn1cc(Br)ccc1=O)NCC1CCCC1C(=O)O. The quantitative estimate of drug-likeness (QED) is 0.830. The molecule has 0 radical (unpaired) electrons. The standard InChI is InChI=1S/C14H17BrN2O4/c15-10-4-5-13(19)17(7-10)8-12(18)16-6-9-2-1-3-11(9)14(20)21/h4-5,7,9,11H,1-3,6,8H2,(H,16,18)(H,20,21). The Hall–Kier alpha value is -1.63. The Kier molecular flexibility index (Phi) is 5.17. The van der Waals surface area contributed by atoms with E-state index >= 15 is 0 Å². The fourth-order valence-electron chi connectivity index (χ4n) is 2.69. The molecule has 1 saturated carbocycles. The molecule has 2 rings (SSSR count). The van der Waals surface area contributed by atoms with E-state index < -0.39 is 5.97 Å². The van der Waals surface area contributed by atoms with E-state index in [0.717, 1.165) is 17.3 Å². The van der Waals surface area contributed by atoms with Gasteiger partial charge >= 0.3 is 5.97 Å². The van der Waals surface area contributed by atoms with Crippen molar-refractivity contribution >= 4 is 27.8 Å². The summed E-state index contributed by atoms with van der Waals surface area (Å²) in [7, 11) is 0. The molecular weight excluding hydrogens is 340 g/mol. The lowest BCUT2D eigenvalue weighted by atomic mass is 9.96. The van der Waals surface area contributed by atoms with Crippen molar-refractivity contribution in [1.82, 2.24) is 9.88 Å². The highest BCUT2D eigenvalue weighted by Crippen LogP contribution is 2.31. The van der Waals surface area contributed by atoms with Gasteiger partial charge in [-0.3, -0.25) is 14.4 Å². The zero-order chi connectivity index (χ0) is 15.4. The highest BCUT2D eigenvalue weighted by atomic mass is 79.9. The zero-order valence-corrected chi connectivity index (χ0v) is 13.0.